The third-order valence-corrected chi connectivity index (χ3v) is 3.38. The number of H-pyrrole nitrogens is 2. The zero-order chi connectivity index (χ0) is 16.1. The van der Waals surface area contributed by atoms with E-state index in [2.05, 4.69) is 15.5 Å². The zero-order valence-electron chi connectivity index (χ0n) is 10.9. The molecule has 10 heteroatoms. The highest BCUT2D eigenvalue weighted by Gasteiger charge is 2.08. The van der Waals surface area contributed by atoms with E-state index in [1.807, 2.05) is 4.98 Å². The fourth-order valence-electron chi connectivity index (χ4n) is 1.46. The van der Waals surface area contributed by atoms with Crippen LogP contribution in [0.5, 0.6) is 0 Å². The molecule has 0 radical (unpaired) electrons. The van der Waals surface area contributed by atoms with E-state index in [-0.39, 0.29) is 16.3 Å². The Morgan fingerprint density at radius 2 is 1.91 bits per heavy atom. The predicted octanol–water partition coefficient (Wildman–Crippen LogP) is -1.45. The summed E-state index contributed by atoms with van der Waals surface area (Å²) in [5.41, 5.74) is -1.01. The van der Waals surface area contributed by atoms with Gasteiger partial charge in [0.15, 0.2) is 5.03 Å². The maximum atomic E-state index is 11.7. The molecule has 0 spiro atoms. The topological polar surface area (TPSA) is 148 Å². The Balaban J connectivity index is 1.94. The molecule has 0 fully saturated rings. The summed E-state index contributed by atoms with van der Waals surface area (Å²) in [6.07, 6.45) is 0. The van der Waals surface area contributed by atoms with E-state index in [4.69, 9.17) is 0 Å². The van der Waals surface area contributed by atoms with Crippen molar-refractivity contribution in [1.82, 2.24) is 15.2 Å². The van der Waals surface area contributed by atoms with Crippen LogP contribution < -0.4 is 21.7 Å². The molecule has 0 aliphatic carbocycles. The summed E-state index contributed by atoms with van der Waals surface area (Å²) in [5.74, 6) is -1.83. The van der Waals surface area contributed by atoms with Crippen LogP contribution in [0.2, 0.25) is 0 Å². The number of nitrogens with one attached hydrogen (secondary N) is 3. The number of carbonyl (C=O) groups excluding carboxylic acids is 2. The number of aromatic amines is 2. The van der Waals surface area contributed by atoms with Gasteiger partial charge in [-0.3, -0.25) is 14.6 Å². The fraction of sp³-hybridized carbons (Fsp3) is 0.0833. The van der Waals surface area contributed by atoms with E-state index in [0.717, 1.165) is 11.8 Å². The van der Waals surface area contributed by atoms with Gasteiger partial charge in [-0.1, -0.05) is 23.9 Å². The van der Waals surface area contributed by atoms with Gasteiger partial charge >= 0.3 is 5.69 Å². The van der Waals surface area contributed by atoms with Crippen molar-refractivity contribution in [3.05, 3.63) is 50.7 Å². The normalized spacial score (nSPS) is 10.2. The second kappa shape index (κ2) is 6.72. The molecular formula is C12H9N4O5S-. The van der Waals surface area contributed by atoms with Crippen molar-refractivity contribution < 1.29 is 14.7 Å². The molecule has 1 amide bonds. The molecule has 1 aromatic carbocycles. The van der Waals surface area contributed by atoms with Gasteiger partial charge in [0.25, 0.3) is 5.56 Å². The van der Waals surface area contributed by atoms with Crippen LogP contribution >= 0.6 is 11.8 Å². The second-order valence-electron chi connectivity index (χ2n) is 4.01. The highest BCUT2D eigenvalue weighted by atomic mass is 32.2. The minimum Gasteiger partial charge on any atom is -0.545 e. The van der Waals surface area contributed by atoms with Gasteiger partial charge in [-0.15, -0.1) is 0 Å². The van der Waals surface area contributed by atoms with Gasteiger partial charge in [-0.25, -0.2) is 9.89 Å². The molecule has 0 atom stereocenters. The SMILES string of the molecule is O=C(CSc1n[nH]c(=O)[nH]c1=O)Nc1ccc(C(=O)[O-])cc1. The number of carboxylic acids is 1. The average Bonchev–Trinajstić information content (AvgIpc) is 2.47. The Hall–Kier alpha value is -2.88. The maximum Gasteiger partial charge on any atom is 0.342 e. The molecule has 0 aliphatic rings. The van der Waals surface area contributed by atoms with Crippen molar-refractivity contribution in [3.8, 4) is 0 Å². The lowest BCUT2D eigenvalue weighted by molar-refractivity contribution is -0.255. The number of rotatable bonds is 5. The summed E-state index contributed by atoms with van der Waals surface area (Å²) in [7, 11) is 0. The molecule has 3 N–H and O–H groups in total. The maximum absolute atomic E-state index is 11.7. The quantitative estimate of drug-likeness (QED) is 0.571. The number of anilines is 1. The van der Waals surface area contributed by atoms with Crippen molar-refractivity contribution in [2.24, 2.45) is 0 Å². The number of benzene rings is 1. The van der Waals surface area contributed by atoms with E-state index in [0.29, 0.717) is 5.69 Å². The molecule has 22 heavy (non-hydrogen) atoms. The molecule has 1 aromatic heterocycles. The third-order valence-electron chi connectivity index (χ3n) is 2.42. The molecule has 0 saturated heterocycles. The highest BCUT2D eigenvalue weighted by Crippen LogP contribution is 2.12. The van der Waals surface area contributed by atoms with Crippen LogP contribution in [0.4, 0.5) is 5.69 Å². The number of hydrogen-bond acceptors (Lipinski definition) is 7. The standard InChI is InChI=1S/C12H10N4O5S/c17-8(5-22-10-9(18)14-12(21)16-15-10)13-7-3-1-6(2-4-7)11(19)20/h1-4H,5H2,(H,13,17)(H,19,20)(H2,14,16,18,21)/p-1. The molecule has 0 bridgehead atoms. The summed E-state index contributed by atoms with van der Waals surface area (Å²) in [6, 6.07) is 5.43. The smallest absolute Gasteiger partial charge is 0.342 e. The van der Waals surface area contributed by atoms with Crippen LogP contribution in [0.1, 0.15) is 10.4 Å². The Bertz CT molecular complexity index is 811. The summed E-state index contributed by atoms with van der Waals surface area (Å²) in [6.45, 7) is 0. The number of thioether (sulfide) groups is 1. The summed E-state index contributed by atoms with van der Waals surface area (Å²) in [4.78, 5) is 46.4. The lowest BCUT2D eigenvalue weighted by Gasteiger charge is -2.06. The number of hydrogen-bond donors (Lipinski definition) is 3. The molecule has 2 rings (SSSR count). The van der Waals surface area contributed by atoms with E-state index in [9.17, 15) is 24.3 Å². The van der Waals surface area contributed by atoms with Crippen molar-refractivity contribution in [3.63, 3.8) is 0 Å². The monoisotopic (exact) mass is 321 g/mol. The summed E-state index contributed by atoms with van der Waals surface area (Å²) < 4.78 is 0. The number of amides is 1. The number of carboxylic acid groups (broad SMARTS) is 1. The van der Waals surface area contributed by atoms with Gasteiger partial charge in [0, 0.05) is 5.69 Å². The molecule has 0 unspecified atom stereocenters. The van der Waals surface area contributed by atoms with Gasteiger partial charge in [0.05, 0.1) is 11.7 Å². The third kappa shape index (κ3) is 4.06. The minimum absolute atomic E-state index is 0.00338. The Kier molecular flexibility index (Phi) is 4.73. The lowest BCUT2D eigenvalue weighted by atomic mass is 10.2. The molecule has 9 nitrogen and oxygen atoms in total. The van der Waals surface area contributed by atoms with Crippen LogP contribution in [0, 0.1) is 0 Å². The molecule has 1 heterocycles. The Labute approximate surface area is 126 Å². The summed E-state index contributed by atoms with van der Waals surface area (Å²) in [5, 5.41) is 18.6. The van der Waals surface area contributed by atoms with Gasteiger partial charge < -0.3 is 15.2 Å². The first-order chi connectivity index (χ1) is 10.5. The number of aromatic carboxylic acids is 1. The molecule has 114 valence electrons. The van der Waals surface area contributed by atoms with Crippen molar-refractivity contribution >= 4 is 29.3 Å². The number of aromatic nitrogens is 3. The summed E-state index contributed by atoms with van der Waals surface area (Å²) >= 11 is 0.850. The van der Waals surface area contributed by atoms with Crippen molar-refractivity contribution in [2.75, 3.05) is 11.1 Å². The van der Waals surface area contributed by atoms with Gasteiger partial charge in [-0.05, 0) is 17.7 Å². The van der Waals surface area contributed by atoms with Crippen LogP contribution in [0.25, 0.3) is 0 Å². The fourth-order valence-corrected chi connectivity index (χ4v) is 2.09. The first kappa shape index (κ1) is 15.5. The highest BCUT2D eigenvalue weighted by molar-refractivity contribution is 7.99. The van der Waals surface area contributed by atoms with Gasteiger partial charge in [0.2, 0.25) is 5.91 Å². The second-order valence-corrected chi connectivity index (χ2v) is 4.98. The van der Waals surface area contributed by atoms with Crippen LogP contribution in [0.15, 0.2) is 38.9 Å². The molecule has 2 aromatic rings. The number of carbonyl (C=O) groups is 2. The van der Waals surface area contributed by atoms with Crippen LogP contribution in [0.3, 0.4) is 0 Å². The first-order valence-electron chi connectivity index (χ1n) is 5.89. The van der Waals surface area contributed by atoms with E-state index in [1.54, 1.807) is 0 Å². The van der Waals surface area contributed by atoms with Crippen molar-refractivity contribution in [2.45, 2.75) is 5.03 Å². The van der Waals surface area contributed by atoms with Gasteiger partial charge in [-0.2, -0.15) is 5.10 Å². The number of nitrogens with zero attached hydrogens (tertiary/aromatic N) is 1. The van der Waals surface area contributed by atoms with Gasteiger partial charge in [0.1, 0.15) is 0 Å². The van der Waals surface area contributed by atoms with Crippen LogP contribution in [-0.2, 0) is 4.79 Å². The molecule has 0 aliphatic heterocycles. The molecule has 0 saturated carbocycles. The van der Waals surface area contributed by atoms with Crippen molar-refractivity contribution in [1.29, 1.82) is 0 Å². The zero-order valence-corrected chi connectivity index (χ0v) is 11.7. The average molecular weight is 321 g/mol. The predicted molar refractivity (Wildman–Crippen MR) is 75.6 cm³/mol. The Morgan fingerprint density at radius 1 is 1.23 bits per heavy atom. The largest absolute Gasteiger partial charge is 0.545 e. The molecular weight excluding hydrogens is 312 g/mol. The van der Waals surface area contributed by atoms with E-state index >= 15 is 0 Å². The Morgan fingerprint density at radius 3 is 2.50 bits per heavy atom. The minimum atomic E-state index is -1.31. The van der Waals surface area contributed by atoms with Crippen LogP contribution in [-0.4, -0.2) is 32.8 Å². The lowest BCUT2D eigenvalue weighted by Crippen LogP contribution is -2.25. The van der Waals surface area contributed by atoms with E-state index in [1.165, 1.54) is 24.3 Å². The first-order valence-corrected chi connectivity index (χ1v) is 6.87. The van der Waals surface area contributed by atoms with E-state index < -0.39 is 23.1 Å².